The molecule has 1 amide bonds. The van der Waals surface area contributed by atoms with E-state index >= 15 is 0 Å². The number of nitrogens with one attached hydrogen (secondary N) is 2. The highest BCUT2D eigenvalue weighted by atomic mass is 35.5. The van der Waals surface area contributed by atoms with Crippen LogP contribution in [0, 0.1) is 5.82 Å². The first kappa shape index (κ1) is 22.2. The van der Waals surface area contributed by atoms with Crippen LogP contribution < -0.4 is 10.6 Å². The third-order valence-electron chi connectivity index (χ3n) is 4.44. The van der Waals surface area contributed by atoms with E-state index in [1.165, 1.54) is 12.1 Å². The van der Waals surface area contributed by atoms with E-state index < -0.39 is 20.5 Å². The molecule has 0 aliphatic carbocycles. The van der Waals surface area contributed by atoms with E-state index in [1.807, 2.05) is 6.26 Å². The van der Waals surface area contributed by atoms with Crippen LogP contribution in [0.3, 0.4) is 0 Å². The van der Waals surface area contributed by atoms with E-state index in [0.717, 1.165) is 17.4 Å². The smallest absolute Gasteiger partial charge is 0.241 e. The van der Waals surface area contributed by atoms with E-state index in [-0.39, 0.29) is 37.6 Å². The number of carbonyl (C=O) groups is 1. The number of hydrogen-bond acceptors (Lipinski definition) is 5. The summed E-state index contributed by atoms with van der Waals surface area (Å²) >= 11 is 1.56. The second-order valence-corrected chi connectivity index (χ2v) is 9.24. The molecular formula is C16H24ClFN2O3S2. The summed E-state index contributed by atoms with van der Waals surface area (Å²) in [4.78, 5) is 12.7. The van der Waals surface area contributed by atoms with Gasteiger partial charge in [0.15, 0.2) is 14.6 Å². The van der Waals surface area contributed by atoms with Gasteiger partial charge >= 0.3 is 0 Å². The number of halogens is 2. The Balaban J connectivity index is 0.00000312. The molecule has 1 aliphatic rings. The van der Waals surface area contributed by atoms with Crippen molar-refractivity contribution in [2.45, 2.75) is 29.9 Å². The van der Waals surface area contributed by atoms with Crippen molar-refractivity contribution in [1.29, 1.82) is 0 Å². The molecule has 0 spiro atoms. The molecule has 0 unspecified atom stereocenters. The molecule has 0 atom stereocenters. The van der Waals surface area contributed by atoms with Crippen LogP contribution in [0.1, 0.15) is 24.0 Å². The van der Waals surface area contributed by atoms with Crippen molar-refractivity contribution in [3.05, 3.63) is 35.1 Å². The van der Waals surface area contributed by atoms with Gasteiger partial charge in [-0.15, -0.1) is 12.4 Å². The molecule has 1 fully saturated rings. The van der Waals surface area contributed by atoms with Crippen LogP contribution >= 0.6 is 24.2 Å². The summed E-state index contributed by atoms with van der Waals surface area (Å²) in [6.07, 6.45) is 3.56. The predicted molar refractivity (Wildman–Crippen MR) is 102 cm³/mol. The second kappa shape index (κ2) is 9.21. The molecule has 1 aromatic rings. The van der Waals surface area contributed by atoms with Gasteiger partial charge in [0.1, 0.15) is 5.82 Å². The number of piperidine rings is 1. The second-order valence-electron chi connectivity index (χ2n) is 6.05. The van der Waals surface area contributed by atoms with E-state index in [0.29, 0.717) is 18.8 Å². The average Bonchev–Trinajstić information content (AvgIpc) is 2.54. The highest BCUT2D eigenvalue weighted by molar-refractivity contribution is 7.97. The number of hydrogen-bond donors (Lipinski definition) is 2. The van der Waals surface area contributed by atoms with Crippen LogP contribution in [-0.4, -0.2) is 44.7 Å². The first-order valence-electron chi connectivity index (χ1n) is 7.75. The van der Waals surface area contributed by atoms with E-state index in [4.69, 9.17) is 0 Å². The Morgan fingerprint density at radius 1 is 1.32 bits per heavy atom. The summed E-state index contributed by atoms with van der Waals surface area (Å²) in [5, 5.41) is 5.84. The molecule has 0 bridgehead atoms. The molecule has 0 radical (unpaired) electrons. The minimum atomic E-state index is -3.53. The van der Waals surface area contributed by atoms with E-state index in [1.54, 1.807) is 17.8 Å². The maximum absolute atomic E-state index is 13.4. The lowest BCUT2D eigenvalue weighted by Gasteiger charge is -2.34. The van der Waals surface area contributed by atoms with Gasteiger partial charge in [0.2, 0.25) is 5.91 Å². The number of rotatable bonds is 6. The van der Waals surface area contributed by atoms with Crippen molar-refractivity contribution in [2.24, 2.45) is 0 Å². The molecule has 25 heavy (non-hydrogen) atoms. The fourth-order valence-electron chi connectivity index (χ4n) is 2.99. The van der Waals surface area contributed by atoms with Gasteiger partial charge in [-0.1, -0.05) is 6.07 Å². The van der Waals surface area contributed by atoms with Crippen molar-refractivity contribution >= 4 is 39.9 Å². The molecule has 1 heterocycles. The van der Waals surface area contributed by atoms with E-state index in [2.05, 4.69) is 10.6 Å². The summed E-state index contributed by atoms with van der Waals surface area (Å²) < 4.78 is 36.5. The Morgan fingerprint density at radius 2 is 1.96 bits per heavy atom. The number of amides is 1. The Bertz CT molecular complexity index is 707. The van der Waals surface area contributed by atoms with Gasteiger partial charge in [-0.2, -0.15) is 11.8 Å². The van der Waals surface area contributed by atoms with Crippen molar-refractivity contribution < 1.29 is 17.6 Å². The van der Waals surface area contributed by atoms with Crippen molar-refractivity contribution in [1.82, 2.24) is 10.6 Å². The van der Waals surface area contributed by atoms with E-state index in [9.17, 15) is 17.6 Å². The molecule has 5 nitrogen and oxygen atoms in total. The molecule has 2 N–H and O–H groups in total. The van der Waals surface area contributed by atoms with Crippen molar-refractivity contribution in [3.63, 3.8) is 0 Å². The highest BCUT2D eigenvalue weighted by Gasteiger charge is 2.48. The standard InChI is InChI=1S/C16H23FN2O3S2.ClH/c1-23-11-13-9-14(17)4-3-12(13)10-19-15(20)16(24(2,21)22)5-7-18-8-6-16;/h3-4,9,18H,5-8,10-11H2,1-2H3,(H,19,20);1H. The van der Waals surface area contributed by atoms with Crippen LogP contribution in [-0.2, 0) is 26.9 Å². The molecule has 0 saturated carbocycles. The lowest BCUT2D eigenvalue weighted by molar-refractivity contribution is -0.124. The van der Waals surface area contributed by atoms with Crippen LogP contribution in [0.25, 0.3) is 0 Å². The van der Waals surface area contributed by atoms with Gasteiger partial charge in [-0.05, 0) is 55.4 Å². The minimum absolute atomic E-state index is 0. The average molecular weight is 411 g/mol. The summed E-state index contributed by atoms with van der Waals surface area (Å²) in [7, 11) is -3.53. The summed E-state index contributed by atoms with van der Waals surface area (Å²) in [6, 6.07) is 4.44. The van der Waals surface area contributed by atoms with Crippen molar-refractivity contribution in [2.75, 3.05) is 25.6 Å². The first-order valence-corrected chi connectivity index (χ1v) is 11.0. The fourth-order valence-corrected chi connectivity index (χ4v) is 4.92. The summed E-state index contributed by atoms with van der Waals surface area (Å²) in [5.41, 5.74) is 1.61. The molecule has 1 aromatic carbocycles. The predicted octanol–water partition coefficient (Wildman–Crippen LogP) is 1.89. The third kappa shape index (κ3) is 5.09. The molecule has 1 aliphatic heterocycles. The summed E-state index contributed by atoms with van der Waals surface area (Å²) in [6.45, 7) is 1.18. The number of sulfone groups is 1. The van der Waals surface area contributed by atoms with Gasteiger partial charge in [-0.25, -0.2) is 12.8 Å². The SMILES string of the molecule is CSCc1cc(F)ccc1CNC(=O)C1(S(C)(=O)=O)CCNCC1.Cl. The molecule has 1 saturated heterocycles. The largest absolute Gasteiger partial charge is 0.351 e. The Morgan fingerprint density at radius 3 is 2.52 bits per heavy atom. The van der Waals surface area contributed by atoms with Crippen molar-refractivity contribution in [3.8, 4) is 0 Å². The van der Waals surface area contributed by atoms with Gasteiger partial charge in [0, 0.05) is 18.6 Å². The zero-order valence-corrected chi connectivity index (χ0v) is 16.8. The summed E-state index contributed by atoms with van der Waals surface area (Å²) in [5.74, 6) is -0.157. The first-order chi connectivity index (χ1) is 11.3. The monoisotopic (exact) mass is 410 g/mol. The minimum Gasteiger partial charge on any atom is -0.351 e. The Hall–Kier alpha value is -0.830. The van der Waals surface area contributed by atoms with Gasteiger partial charge in [0.25, 0.3) is 0 Å². The van der Waals surface area contributed by atoms with Crippen LogP contribution in [0.15, 0.2) is 18.2 Å². The molecule has 2 rings (SSSR count). The molecule has 142 valence electrons. The van der Waals surface area contributed by atoms with Crippen LogP contribution in [0.5, 0.6) is 0 Å². The third-order valence-corrected chi connectivity index (χ3v) is 7.06. The van der Waals surface area contributed by atoms with Gasteiger partial charge in [-0.3, -0.25) is 4.79 Å². The lowest BCUT2D eigenvalue weighted by atomic mass is 9.95. The number of carbonyl (C=O) groups excluding carboxylic acids is 1. The normalized spacial score (nSPS) is 16.8. The van der Waals surface area contributed by atoms with Crippen LogP contribution in [0.4, 0.5) is 4.39 Å². The lowest BCUT2D eigenvalue weighted by Crippen LogP contribution is -2.57. The Kier molecular flexibility index (Phi) is 8.18. The topological polar surface area (TPSA) is 75.3 Å². The zero-order chi connectivity index (χ0) is 17.8. The number of benzene rings is 1. The number of thioether (sulfide) groups is 1. The van der Waals surface area contributed by atoms with Gasteiger partial charge in [0.05, 0.1) is 0 Å². The quantitative estimate of drug-likeness (QED) is 0.749. The molecule has 0 aromatic heterocycles. The molecule has 9 heteroatoms. The van der Waals surface area contributed by atoms with Crippen LogP contribution in [0.2, 0.25) is 0 Å². The maximum Gasteiger partial charge on any atom is 0.241 e. The fraction of sp³-hybridized carbons (Fsp3) is 0.562. The van der Waals surface area contributed by atoms with Gasteiger partial charge < -0.3 is 10.6 Å². The Labute approximate surface area is 158 Å². The maximum atomic E-state index is 13.4. The zero-order valence-electron chi connectivity index (χ0n) is 14.3. The molecular weight excluding hydrogens is 387 g/mol. The highest BCUT2D eigenvalue weighted by Crippen LogP contribution is 2.28.